The number of nitrogens with zero attached hydrogens (tertiary/aromatic N) is 2. The molecular formula is C27H32F2N2O3. The average molecular weight is 471 g/mol. The molecule has 182 valence electrons. The molecule has 2 saturated heterocycles. The molecule has 7 heteroatoms. The molecule has 2 heterocycles. The van der Waals surface area contributed by atoms with Crippen molar-refractivity contribution in [1.29, 1.82) is 0 Å². The van der Waals surface area contributed by atoms with Gasteiger partial charge in [-0.2, -0.15) is 0 Å². The molecule has 1 atom stereocenters. The van der Waals surface area contributed by atoms with Crippen molar-refractivity contribution in [2.45, 2.75) is 45.6 Å². The molecule has 4 rings (SSSR count). The van der Waals surface area contributed by atoms with Gasteiger partial charge in [-0.05, 0) is 73.6 Å². The van der Waals surface area contributed by atoms with Gasteiger partial charge in [0.15, 0.2) is 6.61 Å². The zero-order valence-corrected chi connectivity index (χ0v) is 19.8. The van der Waals surface area contributed by atoms with Crippen molar-refractivity contribution in [3.63, 3.8) is 0 Å². The molecule has 2 aromatic carbocycles. The highest BCUT2D eigenvalue weighted by Gasteiger charge is 2.52. The second kappa shape index (κ2) is 10.1. The SMILES string of the molecule is CC(C)CN1C(=O)C2(CCN(C(=O)COc3ccc(F)cc3)CC2)CC1Cc1cccc(F)c1. The topological polar surface area (TPSA) is 49.9 Å². The van der Waals surface area contributed by atoms with Crippen LogP contribution in [0.5, 0.6) is 5.75 Å². The average Bonchev–Trinajstić information content (AvgIpc) is 3.04. The quantitative estimate of drug-likeness (QED) is 0.601. The molecule has 1 spiro atoms. The van der Waals surface area contributed by atoms with Gasteiger partial charge in [0, 0.05) is 25.7 Å². The number of carbonyl (C=O) groups excluding carboxylic acids is 2. The van der Waals surface area contributed by atoms with Gasteiger partial charge in [-0.1, -0.05) is 26.0 Å². The second-order valence-corrected chi connectivity index (χ2v) is 9.95. The maximum atomic E-state index is 13.7. The third-order valence-electron chi connectivity index (χ3n) is 6.95. The van der Waals surface area contributed by atoms with Crippen molar-refractivity contribution in [3.05, 3.63) is 65.7 Å². The summed E-state index contributed by atoms with van der Waals surface area (Å²) < 4.78 is 32.3. The molecule has 0 radical (unpaired) electrons. The first-order valence-electron chi connectivity index (χ1n) is 12.0. The van der Waals surface area contributed by atoms with E-state index in [2.05, 4.69) is 13.8 Å². The summed E-state index contributed by atoms with van der Waals surface area (Å²) in [4.78, 5) is 30.0. The molecule has 0 aromatic heterocycles. The van der Waals surface area contributed by atoms with Crippen LogP contribution in [0.25, 0.3) is 0 Å². The van der Waals surface area contributed by atoms with E-state index in [-0.39, 0.29) is 36.1 Å². The Kier molecular flexibility index (Phi) is 7.19. The van der Waals surface area contributed by atoms with Gasteiger partial charge in [0.25, 0.3) is 5.91 Å². The van der Waals surface area contributed by atoms with Gasteiger partial charge >= 0.3 is 0 Å². The van der Waals surface area contributed by atoms with E-state index in [1.165, 1.54) is 30.3 Å². The number of halogens is 2. The first-order chi connectivity index (χ1) is 16.3. The molecule has 0 N–H and O–H groups in total. The Morgan fingerprint density at radius 3 is 2.44 bits per heavy atom. The number of piperidine rings is 1. The lowest BCUT2D eigenvalue weighted by Crippen LogP contribution is -2.48. The lowest BCUT2D eigenvalue weighted by Gasteiger charge is -2.38. The van der Waals surface area contributed by atoms with Gasteiger partial charge < -0.3 is 14.5 Å². The normalized spacial score (nSPS) is 19.8. The molecule has 2 aliphatic heterocycles. The standard InChI is InChI=1S/C27H32F2N2O3/c1-19(2)17-31-23(15-20-4-3-5-22(29)14-20)16-27(26(31)33)10-12-30(13-11-27)25(32)18-34-24-8-6-21(28)7-9-24/h3-9,14,19,23H,10-13,15-18H2,1-2H3. The monoisotopic (exact) mass is 470 g/mol. The zero-order chi connectivity index (χ0) is 24.3. The van der Waals surface area contributed by atoms with E-state index in [0.717, 1.165) is 12.0 Å². The van der Waals surface area contributed by atoms with Crippen LogP contribution in [0.4, 0.5) is 8.78 Å². The summed E-state index contributed by atoms with van der Waals surface area (Å²) in [6.07, 6.45) is 2.58. The minimum atomic E-state index is -0.471. The minimum absolute atomic E-state index is 0.0285. The molecule has 2 aliphatic rings. The third-order valence-corrected chi connectivity index (χ3v) is 6.95. The van der Waals surface area contributed by atoms with E-state index >= 15 is 0 Å². The minimum Gasteiger partial charge on any atom is -0.484 e. The Morgan fingerprint density at radius 2 is 1.79 bits per heavy atom. The maximum Gasteiger partial charge on any atom is 0.260 e. The van der Waals surface area contributed by atoms with Crippen molar-refractivity contribution >= 4 is 11.8 Å². The van der Waals surface area contributed by atoms with Crippen LogP contribution in [0.15, 0.2) is 48.5 Å². The van der Waals surface area contributed by atoms with Gasteiger partial charge in [-0.3, -0.25) is 9.59 Å². The van der Waals surface area contributed by atoms with Crippen molar-refractivity contribution in [1.82, 2.24) is 9.80 Å². The van der Waals surface area contributed by atoms with Gasteiger partial charge in [0.2, 0.25) is 5.91 Å². The molecule has 2 aromatic rings. The van der Waals surface area contributed by atoms with E-state index in [1.54, 1.807) is 17.0 Å². The van der Waals surface area contributed by atoms with Crippen LogP contribution in [-0.2, 0) is 16.0 Å². The summed E-state index contributed by atoms with van der Waals surface area (Å²) in [5.74, 6) is 0.181. The first-order valence-corrected chi connectivity index (χ1v) is 12.0. The summed E-state index contributed by atoms with van der Waals surface area (Å²) in [6, 6.07) is 12.2. The van der Waals surface area contributed by atoms with Crippen molar-refractivity contribution in [3.8, 4) is 5.75 Å². The largest absolute Gasteiger partial charge is 0.484 e. The van der Waals surface area contributed by atoms with E-state index in [0.29, 0.717) is 50.6 Å². The second-order valence-electron chi connectivity index (χ2n) is 9.95. The highest BCUT2D eigenvalue weighted by atomic mass is 19.1. The molecule has 34 heavy (non-hydrogen) atoms. The van der Waals surface area contributed by atoms with Crippen LogP contribution >= 0.6 is 0 Å². The predicted molar refractivity (Wildman–Crippen MR) is 125 cm³/mol. The number of amides is 2. The van der Waals surface area contributed by atoms with E-state index < -0.39 is 5.41 Å². The van der Waals surface area contributed by atoms with Gasteiger partial charge in [-0.15, -0.1) is 0 Å². The summed E-state index contributed by atoms with van der Waals surface area (Å²) in [5, 5.41) is 0. The molecule has 0 saturated carbocycles. The van der Waals surface area contributed by atoms with Crippen LogP contribution in [0.2, 0.25) is 0 Å². The number of benzene rings is 2. The Labute approximate surface area is 199 Å². The zero-order valence-electron chi connectivity index (χ0n) is 19.8. The number of carbonyl (C=O) groups is 2. The van der Waals surface area contributed by atoms with Crippen molar-refractivity contribution in [2.75, 3.05) is 26.2 Å². The van der Waals surface area contributed by atoms with Crippen LogP contribution in [-0.4, -0.2) is 53.9 Å². The highest BCUT2D eigenvalue weighted by molar-refractivity contribution is 5.86. The Hall–Kier alpha value is -2.96. The number of likely N-dealkylation sites (tertiary alicyclic amines) is 2. The van der Waals surface area contributed by atoms with Gasteiger partial charge in [0.05, 0.1) is 5.41 Å². The third kappa shape index (κ3) is 5.40. The fourth-order valence-corrected chi connectivity index (χ4v) is 5.23. The van der Waals surface area contributed by atoms with Gasteiger partial charge in [-0.25, -0.2) is 8.78 Å². The van der Waals surface area contributed by atoms with Crippen molar-refractivity contribution < 1.29 is 23.1 Å². The molecule has 1 unspecified atom stereocenters. The predicted octanol–water partition coefficient (Wildman–Crippen LogP) is 4.45. The number of hydrogen-bond donors (Lipinski definition) is 0. The van der Waals surface area contributed by atoms with Crippen LogP contribution in [0.1, 0.15) is 38.7 Å². The molecule has 5 nitrogen and oxygen atoms in total. The molecule has 0 aliphatic carbocycles. The Morgan fingerprint density at radius 1 is 1.09 bits per heavy atom. The Balaban J connectivity index is 1.39. The fraction of sp³-hybridized carbons (Fsp3) is 0.481. The van der Waals surface area contributed by atoms with E-state index in [1.807, 2.05) is 11.0 Å². The van der Waals surface area contributed by atoms with Gasteiger partial charge in [0.1, 0.15) is 17.4 Å². The van der Waals surface area contributed by atoms with E-state index in [4.69, 9.17) is 4.74 Å². The summed E-state index contributed by atoms with van der Waals surface area (Å²) in [5.41, 5.74) is 0.427. The summed E-state index contributed by atoms with van der Waals surface area (Å²) in [6.45, 7) is 5.75. The highest BCUT2D eigenvalue weighted by Crippen LogP contribution is 2.45. The lowest BCUT2D eigenvalue weighted by atomic mass is 9.75. The molecule has 2 amide bonds. The van der Waals surface area contributed by atoms with Crippen LogP contribution in [0.3, 0.4) is 0 Å². The number of hydrogen-bond acceptors (Lipinski definition) is 3. The van der Waals surface area contributed by atoms with Crippen molar-refractivity contribution in [2.24, 2.45) is 11.3 Å². The molecule has 0 bridgehead atoms. The lowest BCUT2D eigenvalue weighted by molar-refractivity contribution is -0.144. The maximum absolute atomic E-state index is 13.7. The number of rotatable bonds is 7. The fourth-order valence-electron chi connectivity index (χ4n) is 5.23. The summed E-state index contributed by atoms with van der Waals surface area (Å²) in [7, 11) is 0. The smallest absolute Gasteiger partial charge is 0.260 e. The molecule has 2 fully saturated rings. The van der Waals surface area contributed by atoms with E-state index in [9.17, 15) is 18.4 Å². The van der Waals surface area contributed by atoms with Crippen LogP contribution < -0.4 is 4.74 Å². The first kappa shape index (κ1) is 24.2. The number of ether oxygens (including phenoxy) is 1. The summed E-state index contributed by atoms with van der Waals surface area (Å²) >= 11 is 0. The molecular weight excluding hydrogens is 438 g/mol. The van der Waals surface area contributed by atoms with Crippen LogP contribution in [0, 0.1) is 23.0 Å². The Bertz CT molecular complexity index is 1020.